The van der Waals surface area contributed by atoms with E-state index in [2.05, 4.69) is 15.2 Å². The van der Waals surface area contributed by atoms with Gasteiger partial charge in [0.15, 0.2) is 0 Å². The Morgan fingerprint density at radius 2 is 2.28 bits per heavy atom. The summed E-state index contributed by atoms with van der Waals surface area (Å²) in [6.07, 6.45) is 4.65. The molecule has 0 radical (unpaired) electrons. The summed E-state index contributed by atoms with van der Waals surface area (Å²) in [5, 5.41) is 2.82. The number of aromatic nitrogens is 2. The quantitative estimate of drug-likeness (QED) is 0.898. The Morgan fingerprint density at radius 3 is 2.94 bits per heavy atom. The Balaban J connectivity index is 2.07. The fourth-order valence-electron chi connectivity index (χ4n) is 1.68. The lowest BCUT2D eigenvalue weighted by atomic mass is 10.2. The first-order valence-electron chi connectivity index (χ1n) is 5.68. The van der Waals surface area contributed by atoms with Crippen LogP contribution < -0.4 is 5.32 Å². The molecular formula is C13H16N4O. The Labute approximate surface area is 106 Å². The lowest BCUT2D eigenvalue weighted by Crippen LogP contribution is -2.18. The molecule has 0 aliphatic carbocycles. The van der Waals surface area contributed by atoms with Gasteiger partial charge in [0, 0.05) is 24.6 Å². The van der Waals surface area contributed by atoms with Crippen LogP contribution in [-0.2, 0) is 6.54 Å². The van der Waals surface area contributed by atoms with E-state index >= 15 is 0 Å². The zero-order valence-electron chi connectivity index (χ0n) is 10.5. The van der Waals surface area contributed by atoms with E-state index in [1.165, 1.54) is 10.9 Å². The van der Waals surface area contributed by atoms with Crippen molar-refractivity contribution in [2.45, 2.75) is 6.54 Å². The van der Waals surface area contributed by atoms with Crippen molar-refractivity contribution >= 4 is 11.7 Å². The lowest BCUT2D eigenvalue weighted by Gasteiger charge is -2.11. The summed E-state index contributed by atoms with van der Waals surface area (Å²) < 4.78 is 1.40. The molecule has 0 aliphatic rings. The number of benzene rings is 1. The van der Waals surface area contributed by atoms with Crippen molar-refractivity contribution in [1.82, 2.24) is 14.5 Å². The number of carbonyl (C=O) groups excluding carboxylic acids is 1. The molecule has 94 valence electrons. The van der Waals surface area contributed by atoms with Gasteiger partial charge in [0.05, 0.1) is 0 Å². The van der Waals surface area contributed by atoms with Crippen LogP contribution in [0, 0.1) is 0 Å². The molecule has 18 heavy (non-hydrogen) atoms. The Morgan fingerprint density at radius 1 is 1.44 bits per heavy atom. The number of carbonyl (C=O) groups is 1. The van der Waals surface area contributed by atoms with E-state index in [0.717, 1.165) is 17.8 Å². The van der Waals surface area contributed by atoms with E-state index < -0.39 is 0 Å². The van der Waals surface area contributed by atoms with Crippen LogP contribution in [0.3, 0.4) is 0 Å². The Kier molecular flexibility index (Phi) is 3.74. The van der Waals surface area contributed by atoms with Gasteiger partial charge in [0.2, 0.25) is 0 Å². The second kappa shape index (κ2) is 5.46. The highest BCUT2D eigenvalue weighted by Crippen LogP contribution is 2.12. The van der Waals surface area contributed by atoms with E-state index in [-0.39, 0.29) is 6.03 Å². The molecule has 1 amide bonds. The summed E-state index contributed by atoms with van der Waals surface area (Å²) in [5.74, 6) is 0. The van der Waals surface area contributed by atoms with Gasteiger partial charge < -0.3 is 10.2 Å². The average Bonchev–Trinajstić information content (AvgIpc) is 2.81. The number of rotatable bonds is 3. The molecule has 0 aliphatic heterocycles. The summed E-state index contributed by atoms with van der Waals surface area (Å²) in [7, 11) is 4.02. The smallest absolute Gasteiger partial charge is 0.307 e. The van der Waals surface area contributed by atoms with Crippen molar-refractivity contribution in [2.75, 3.05) is 19.4 Å². The van der Waals surface area contributed by atoms with Crippen molar-refractivity contribution in [1.29, 1.82) is 0 Å². The molecule has 1 aromatic carbocycles. The first-order valence-corrected chi connectivity index (χ1v) is 5.68. The van der Waals surface area contributed by atoms with Crippen molar-refractivity contribution in [3.8, 4) is 0 Å². The van der Waals surface area contributed by atoms with Crippen molar-refractivity contribution in [2.24, 2.45) is 0 Å². The van der Waals surface area contributed by atoms with Gasteiger partial charge in [0.1, 0.15) is 6.33 Å². The SMILES string of the molecule is CN(C)Cc1cccc(NC(=O)n2ccnc2)c1. The first kappa shape index (κ1) is 12.3. The fourth-order valence-corrected chi connectivity index (χ4v) is 1.68. The molecule has 2 aromatic rings. The largest absolute Gasteiger partial charge is 0.331 e. The number of nitrogens with zero attached hydrogens (tertiary/aromatic N) is 3. The van der Waals surface area contributed by atoms with Gasteiger partial charge in [-0.15, -0.1) is 0 Å². The van der Waals surface area contributed by atoms with Crippen LogP contribution >= 0.6 is 0 Å². The molecule has 0 fully saturated rings. The molecule has 1 aromatic heterocycles. The highest BCUT2D eigenvalue weighted by Gasteiger charge is 2.04. The van der Waals surface area contributed by atoms with Crippen molar-refractivity contribution in [3.63, 3.8) is 0 Å². The third-order valence-corrected chi connectivity index (χ3v) is 2.42. The number of hydrogen-bond acceptors (Lipinski definition) is 3. The first-order chi connectivity index (χ1) is 8.65. The molecule has 0 atom stereocenters. The normalized spacial score (nSPS) is 10.6. The summed E-state index contributed by atoms with van der Waals surface area (Å²) in [6.45, 7) is 0.842. The van der Waals surface area contributed by atoms with Crippen molar-refractivity contribution in [3.05, 3.63) is 48.5 Å². The maximum Gasteiger partial charge on any atom is 0.331 e. The van der Waals surface area contributed by atoms with Crippen LogP contribution in [0.25, 0.3) is 0 Å². The zero-order valence-corrected chi connectivity index (χ0v) is 10.5. The molecule has 5 nitrogen and oxygen atoms in total. The number of hydrogen-bond donors (Lipinski definition) is 1. The van der Waals surface area contributed by atoms with Crippen molar-refractivity contribution < 1.29 is 4.79 Å². The van der Waals surface area contributed by atoms with Crippen LogP contribution in [0.5, 0.6) is 0 Å². The van der Waals surface area contributed by atoms with Gasteiger partial charge in [-0.25, -0.2) is 9.78 Å². The predicted molar refractivity (Wildman–Crippen MR) is 70.5 cm³/mol. The molecule has 0 bridgehead atoms. The van der Waals surface area contributed by atoms with Crippen LogP contribution in [-0.4, -0.2) is 34.6 Å². The number of amides is 1. The highest BCUT2D eigenvalue weighted by atomic mass is 16.2. The molecule has 5 heteroatoms. The Bertz CT molecular complexity index is 520. The van der Waals surface area contributed by atoms with Gasteiger partial charge in [0.25, 0.3) is 0 Å². The minimum Gasteiger partial charge on any atom is -0.307 e. The molecule has 1 N–H and O–H groups in total. The van der Waals surface area contributed by atoms with Crippen LogP contribution in [0.1, 0.15) is 5.56 Å². The predicted octanol–water partition coefficient (Wildman–Crippen LogP) is 2.02. The van der Waals surface area contributed by atoms with E-state index in [9.17, 15) is 4.79 Å². The highest BCUT2D eigenvalue weighted by molar-refractivity contribution is 5.90. The molecule has 0 unspecified atom stereocenters. The molecule has 0 spiro atoms. The van der Waals surface area contributed by atoms with Crippen LogP contribution in [0.15, 0.2) is 43.0 Å². The van der Waals surface area contributed by atoms with Gasteiger partial charge in [-0.2, -0.15) is 0 Å². The Hall–Kier alpha value is -2.14. The summed E-state index contributed by atoms with van der Waals surface area (Å²) in [4.78, 5) is 17.7. The zero-order chi connectivity index (χ0) is 13.0. The van der Waals surface area contributed by atoms with E-state index in [4.69, 9.17) is 0 Å². The lowest BCUT2D eigenvalue weighted by molar-refractivity contribution is 0.253. The molecular weight excluding hydrogens is 228 g/mol. The van der Waals surface area contributed by atoms with Crippen LogP contribution in [0.4, 0.5) is 10.5 Å². The summed E-state index contributed by atoms with van der Waals surface area (Å²) in [6, 6.07) is 7.59. The van der Waals surface area contributed by atoms with E-state index in [0.29, 0.717) is 0 Å². The molecule has 0 saturated carbocycles. The number of anilines is 1. The second-order valence-electron chi connectivity index (χ2n) is 4.34. The van der Waals surface area contributed by atoms with E-state index in [1.807, 2.05) is 38.4 Å². The molecule has 2 rings (SSSR count). The maximum absolute atomic E-state index is 11.8. The average molecular weight is 244 g/mol. The standard InChI is InChI=1S/C13H16N4O/c1-16(2)9-11-4-3-5-12(8-11)15-13(18)17-7-6-14-10-17/h3-8,10H,9H2,1-2H3,(H,15,18). The van der Waals surface area contributed by atoms with Crippen LogP contribution in [0.2, 0.25) is 0 Å². The summed E-state index contributed by atoms with van der Waals surface area (Å²) in [5.41, 5.74) is 1.94. The van der Waals surface area contributed by atoms with Gasteiger partial charge >= 0.3 is 6.03 Å². The maximum atomic E-state index is 11.8. The van der Waals surface area contributed by atoms with Gasteiger partial charge in [-0.3, -0.25) is 4.57 Å². The van der Waals surface area contributed by atoms with E-state index in [1.54, 1.807) is 12.4 Å². The minimum absolute atomic E-state index is 0.213. The molecule has 0 saturated heterocycles. The summed E-state index contributed by atoms with van der Waals surface area (Å²) >= 11 is 0. The number of imidazole rings is 1. The molecule has 1 heterocycles. The fraction of sp³-hybridized carbons (Fsp3) is 0.231. The monoisotopic (exact) mass is 244 g/mol. The number of nitrogens with one attached hydrogen (secondary N) is 1. The third-order valence-electron chi connectivity index (χ3n) is 2.42. The topological polar surface area (TPSA) is 50.2 Å². The minimum atomic E-state index is -0.213. The second-order valence-corrected chi connectivity index (χ2v) is 4.34. The van der Waals surface area contributed by atoms with Gasteiger partial charge in [-0.05, 0) is 31.8 Å². The van der Waals surface area contributed by atoms with Gasteiger partial charge in [-0.1, -0.05) is 12.1 Å². The third kappa shape index (κ3) is 3.18.